The van der Waals surface area contributed by atoms with Crippen molar-refractivity contribution in [2.75, 3.05) is 13.1 Å². The van der Waals surface area contributed by atoms with Crippen LogP contribution in [0.15, 0.2) is 71.7 Å². The number of hydrogen-bond acceptors (Lipinski definition) is 5. The van der Waals surface area contributed by atoms with Gasteiger partial charge in [-0.25, -0.2) is 4.79 Å². The van der Waals surface area contributed by atoms with Crippen molar-refractivity contribution in [3.8, 4) is 0 Å². The number of hydrogen-bond donors (Lipinski definition) is 2. The van der Waals surface area contributed by atoms with Gasteiger partial charge in [0.2, 0.25) is 0 Å². The molecule has 0 aromatic rings. The summed E-state index contributed by atoms with van der Waals surface area (Å²) in [5.74, 6) is -0.0427. The van der Waals surface area contributed by atoms with E-state index >= 15 is 0 Å². The lowest BCUT2D eigenvalue weighted by molar-refractivity contribution is -0.132. The predicted octanol–water partition coefficient (Wildman–Crippen LogP) is 5.52. The van der Waals surface area contributed by atoms with Crippen LogP contribution in [0.4, 0.5) is 0 Å². The van der Waals surface area contributed by atoms with Crippen LogP contribution < -0.4 is 5.14 Å². The molecule has 0 unspecified atom stereocenters. The van der Waals surface area contributed by atoms with Gasteiger partial charge in [0.1, 0.15) is 5.76 Å². The Bertz CT molecular complexity index is 626. The Morgan fingerprint density at radius 2 is 1.86 bits per heavy atom. The van der Waals surface area contributed by atoms with Gasteiger partial charge in [0.15, 0.2) is 5.76 Å². The third kappa shape index (κ3) is 10.8. The summed E-state index contributed by atoms with van der Waals surface area (Å²) in [6.07, 6.45) is 14.6. The van der Waals surface area contributed by atoms with E-state index in [0.29, 0.717) is 16.4 Å². The van der Waals surface area contributed by atoms with Crippen LogP contribution in [0.25, 0.3) is 0 Å². The van der Waals surface area contributed by atoms with Gasteiger partial charge in [0.05, 0.1) is 10.5 Å². The second-order valence-electron chi connectivity index (χ2n) is 6.10. The maximum atomic E-state index is 11.2. The Kier molecular flexibility index (Phi) is 14.6. The van der Waals surface area contributed by atoms with Gasteiger partial charge in [-0.05, 0) is 49.9 Å². The molecule has 0 rings (SSSR count). The monoisotopic (exact) mass is 406 g/mol. The van der Waals surface area contributed by atoms with E-state index in [1.807, 2.05) is 25.3 Å². The minimum Gasteiger partial charge on any atom is -0.478 e. The summed E-state index contributed by atoms with van der Waals surface area (Å²) in [5, 5.41) is 15.0. The summed E-state index contributed by atoms with van der Waals surface area (Å²) >= 11 is 0.931. The fourth-order valence-corrected chi connectivity index (χ4v) is 2.60. The Balaban J connectivity index is 6.08. The van der Waals surface area contributed by atoms with E-state index in [-0.39, 0.29) is 5.57 Å². The van der Waals surface area contributed by atoms with Crippen LogP contribution in [-0.4, -0.2) is 29.1 Å². The SMILES string of the molecule is C=C/C=C(\C=C/C)OC(=C\N(CCCC)CCCC)/C(=C\C(=C)C(=O)O)SN. The number of carbonyl (C=O) groups is 1. The molecule has 6 heteroatoms. The molecule has 0 aliphatic carbocycles. The molecule has 3 N–H and O–H groups in total. The number of aliphatic carboxylic acids is 1. The van der Waals surface area contributed by atoms with Crippen LogP contribution in [0, 0.1) is 0 Å². The number of allylic oxidation sites excluding steroid dienone is 4. The second-order valence-corrected chi connectivity index (χ2v) is 6.78. The molecule has 0 bridgehead atoms. The van der Waals surface area contributed by atoms with Crippen molar-refractivity contribution in [3.63, 3.8) is 0 Å². The molecule has 0 radical (unpaired) electrons. The number of nitrogens with two attached hydrogens (primary N) is 1. The minimum atomic E-state index is -1.10. The Hall–Kier alpha value is -2.18. The van der Waals surface area contributed by atoms with E-state index in [9.17, 15) is 9.90 Å². The molecule has 0 aliphatic rings. The average Bonchev–Trinajstić information content (AvgIpc) is 2.67. The first-order valence-electron chi connectivity index (χ1n) is 9.53. The maximum absolute atomic E-state index is 11.2. The number of nitrogens with zero attached hydrogens (tertiary/aromatic N) is 1. The van der Waals surface area contributed by atoms with Crippen molar-refractivity contribution >= 4 is 17.9 Å². The van der Waals surface area contributed by atoms with Crippen molar-refractivity contribution in [1.29, 1.82) is 0 Å². The van der Waals surface area contributed by atoms with Gasteiger partial charge in [-0.15, -0.1) is 0 Å². The summed E-state index contributed by atoms with van der Waals surface area (Å²) < 4.78 is 6.07. The second kappa shape index (κ2) is 15.8. The molecule has 156 valence electrons. The highest BCUT2D eigenvalue weighted by molar-refractivity contribution is 8.01. The molecule has 0 spiro atoms. The molecule has 5 nitrogen and oxygen atoms in total. The van der Waals surface area contributed by atoms with Gasteiger partial charge in [0.25, 0.3) is 0 Å². The molecule has 28 heavy (non-hydrogen) atoms. The van der Waals surface area contributed by atoms with Gasteiger partial charge >= 0.3 is 5.97 Å². The van der Waals surface area contributed by atoms with Gasteiger partial charge in [-0.1, -0.05) is 52.0 Å². The maximum Gasteiger partial charge on any atom is 0.335 e. The number of rotatable bonds is 15. The topological polar surface area (TPSA) is 75.8 Å². The van der Waals surface area contributed by atoms with Crippen molar-refractivity contribution in [1.82, 2.24) is 4.90 Å². The van der Waals surface area contributed by atoms with Crippen molar-refractivity contribution in [3.05, 3.63) is 71.7 Å². The van der Waals surface area contributed by atoms with E-state index in [1.165, 1.54) is 6.08 Å². The third-order valence-electron chi connectivity index (χ3n) is 3.69. The molecule has 0 fully saturated rings. The van der Waals surface area contributed by atoms with Gasteiger partial charge in [-0.2, -0.15) is 0 Å². The zero-order chi connectivity index (χ0) is 21.4. The molecule has 0 heterocycles. The normalized spacial score (nSPS) is 12.9. The van der Waals surface area contributed by atoms with Gasteiger partial charge < -0.3 is 14.7 Å². The van der Waals surface area contributed by atoms with E-state index < -0.39 is 5.97 Å². The molecule has 0 atom stereocenters. The number of unbranched alkanes of at least 4 members (excludes halogenated alkanes) is 2. The summed E-state index contributed by atoms with van der Waals surface area (Å²) in [7, 11) is 0. The summed E-state index contributed by atoms with van der Waals surface area (Å²) in [4.78, 5) is 13.9. The molecule has 0 aromatic heterocycles. The minimum absolute atomic E-state index is 0.0589. The Morgan fingerprint density at radius 3 is 2.29 bits per heavy atom. The molecular weight excluding hydrogens is 372 g/mol. The summed E-state index contributed by atoms with van der Waals surface area (Å²) in [5.41, 5.74) is -0.0589. The van der Waals surface area contributed by atoms with Crippen molar-refractivity contribution in [2.24, 2.45) is 5.14 Å². The zero-order valence-electron chi connectivity index (χ0n) is 17.3. The lowest BCUT2D eigenvalue weighted by Gasteiger charge is -2.23. The van der Waals surface area contributed by atoms with E-state index in [2.05, 4.69) is 31.9 Å². The fourth-order valence-electron chi connectivity index (χ4n) is 2.18. The number of carboxylic acids is 1. The van der Waals surface area contributed by atoms with E-state index in [0.717, 1.165) is 50.7 Å². The molecule has 0 saturated carbocycles. The molecule has 0 amide bonds. The quantitative estimate of drug-likeness (QED) is 0.161. The van der Waals surface area contributed by atoms with Crippen molar-refractivity contribution in [2.45, 2.75) is 46.5 Å². The predicted molar refractivity (Wildman–Crippen MR) is 120 cm³/mol. The Morgan fingerprint density at radius 1 is 1.25 bits per heavy atom. The van der Waals surface area contributed by atoms with Crippen LogP contribution in [0.2, 0.25) is 0 Å². The Labute approximate surface area is 174 Å². The number of ether oxygens (including phenoxy) is 1. The van der Waals surface area contributed by atoms with Crippen LogP contribution in [0.1, 0.15) is 46.5 Å². The molecular formula is C22H34N2O3S. The largest absolute Gasteiger partial charge is 0.478 e. The summed E-state index contributed by atoms with van der Waals surface area (Å²) in [6.45, 7) is 15.2. The van der Waals surface area contributed by atoms with Crippen molar-refractivity contribution < 1.29 is 14.6 Å². The van der Waals surface area contributed by atoms with E-state index in [1.54, 1.807) is 12.2 Å². The van der Waals surface area contributed by atoms with Crippen LogP contribution in [-0.2, 0) is 9.53 Å². The molecule has 0 saturated heterocycles. The summed E-state index contributed by atoms with van der Waals surface area (Å²) in [6, 6.07) is 0. The third-order valence-corrected chi connectivity index (χ3v) is 4.26. The first-order chi connectivity index (χ1) is 13.4. The van der Waals surface area contributed by atoms with E-state index in [4.69, 9.17) is 9.88 Å². The highest BCUT2D eigenvalue weighted by Gasteiger charge is 2.14. The first-order valence-corrected chi connectivity index (χ1v) is 10.4. The molecule has 0 aliphatic heterocycles. The average molecular weight is 407 g/mol. The van der Waals surface area contributed by atoms with Crippen LogP contribution in [0.3, 0.4) is 0 Å². The van der Waals surface area contributed by atoms with Gasteiger partial charge in [-0.3, -0.25) is 5.14 Å². The zero-order valence-corrected chi connectivity index (χ0v) is 18.1. The highest BCUT2D eigenvalue weighted by atomic mass is 32.2. The standard InChI is InChI=1S/C22H34N2O3S/c1-6-10-14-24(15-11-7-2)17-20(27-19(12-8-3)13-9-4)21(28-23)16-18(5)22(25)26/h8-9,12-13,16-17H,3,5-7,10-11,14-15,23H2,1-2,4H3,(H,25,26)/b13-9-,19-12+,20-17-,21-16+. The fraction of sp³-hybridized carbons (Fsp3) is 0.409. The van der Waals surface area contributed by atoms with Crippen LogP contribution in [0.5, 0.6) is 0 Å². The van der Waals surface area contributed by atoms with Gasteiger partial charge in [0, 0.05) is 19.3 Å². The first kappa shape index (κ1) is 25.8. The smallest absolute Gasteiger partial charge is 0.335 e. The lowest BCUT2D eigenvalue weighted by Crippen LogP contribution is -2.21. The number of carboxylic acid groups (broad SMARTS) is 1. The van der Waals surface area contributed by atoms with Crippen LogP contribution >= 0.6 is 11.9 Å². The lowest BCUT2D eigenvalue weighted by atomic mass is 10.2. The molecule has 0 aromatic carbocycles. The highest BCUT2D eigenvalue weighted by Crippen LogP contribution is 2.26.